The van der Waals surface area contributed by atoms with Crippen LogP contribution in [-0.4, -0.2) is 25.0 Å². The summed E-state index contributed by atoms with van der Waals surface area (Å²) in [4.78, 5) is 2.35. The summed E-state index contributed by atoms with van der Waals surface area (Å²) in [7, 11) is 2.17. The number of aryl methyl sites for hydroxylation is 1. The highest BCUT2D eigenvalue weighted by atomic mass is 15.1. The monoisotopic (exact) mass is 283 g/mol. The lowest BCUT2D eigenvalue weighted by Gasteiger charge is -2.17. The van der Waals surface area contributed by atoms with Crippen molar-refractivity contribution in [2.45, 2.75) is 19.9 Å². The molecule has 0 unspecified atom stereocenters. The van der Waals surface area contributed by atoms with E-state index in [9.17, 15) is 0 Å². The van der Waals surface area contributed by atoms with E-state index in [1.807, 2.05) is 19.1 Å². The first kappa shape index (κ1) is 15.4. The molecular formula is C18H25N3. The summed E-state index contributed by atoms with van der Waals surface area (Å²) in [6.45, 7) is 5.09. The number of nitrogens with one attached hydrogen (secondary N) is 1. The Labute approximate surface area is 127 Å². The molecule has 0 atom stereocenters. The summed E-state index contributed by atoms with van der Waals surface area (Å²) in [5.41, 5.74) is 10.3. The van der Waals surface area contributed by atoms with Gasteiger partial charge in [0, 0.05) is 24.5 Å². The van der Waals surface area contributed by atoms with Crippen LogP contribution in [0.2, 0.25) is 0 Å². The van der Waals surface area contributed by atoms with Gasteiger partial charge in [-0.2, -0.15) is 0 Å². The molecule has 21 heavy (non-hydrogen) atoms. The van der Waals surface area contributed by atoms with E-state index in [1.165, 1.54) is 5.56 Å². The Balaban J connectivity index is 1.68. The number of hydrogen-bond acceptors (Lipinski definition) is 3. The first-order chi connectivity index (χ1) is 10.1. The fourth-order valence-corrected chi connectivity index (χ4v) is 2.34. The van der Waals surface area contributed by atoms with E-state index < -0.39 is 0 Å². The molecule has 2 rings (SSSR count). The van der Waals surface area contributed by atoms with Crippen LogP contribution < -0.4 is 11.1 Å². The van der Waals surface area contributed by atoms with Crippen molar-refractivity contribution >= 4 is 11.4 Å². The molecule has 3 nitrogen and oxygen atoms in total. The predicted octanol–water partition coefficient (Wildman–Crippen LogP) is 3.51. The standard InChI is InChI=1S/C18H25N3/c1-15-13-17(9-10-18(15)19)20-11-6-12-21(2)14-16-7-4-3-5-8-16/h3-5,7-10,13,20H,6,11-12,14,19H2,1-2H3. The summed E-state index contributed by atoms with van der Waals surface area (Å²) in [5, 5.41) is 3.45. The maximum absolute atomic E-state index is 5.82. The van der Waals surface area contributed by atoms with Crippen LogP contribution in [0, 0.1) is 6.92 Å². The van der Waals surface area contributed by atoms with Crippen LogP contribution in [-0.2, 0) is 6.54 Å². The lowest BCUT2D eigenvalue weighted by atomic mass is 10.2. The summed E-state index contributed by atoms with van der Waals surface area (Å²) in [6, 6.07) is 16.7. The van der Waals surface area contributed by atoms with Crippen LogP contribution in [0.3, 0.4) is 0 Å². The summed E-state index contributed by atoms with van der Waals surface area (Å²) < 4.78 is 0. The smallest absolute Gasteiger partial charge is 0.0345 e. The second-order valence-electron chi connectivity index (χ2n) is 5.58. The molecule has 2 aromatic carbocycles. The number of nitrogens with two attached hydrogens (primary N) is 1. The minimum atomic E-state index is 0.850. The van der Waals surface area contributed by atoms with Gasteiger partial charge in [0.05, 0.1) is 0 Å². The topological polar surface area (TPSA) is 41.3 Å². The molecule has 112 valence electrons. The van der Waals surface area contributed by atoms with Gasteiger partial charge in [0.1, 0.15) is 0 Å². The SMILES string of the molecule is Cc1cc(NCCCN(C)Cc2ccccc2)ccc1N. The lowest BCUT2D eigenvalue weighted by Crippen LogP contribution is -2.21. The van der Waals surface area contributed by atoms with Crippen molar-refractivity contribution < 1.29 is 0 Å². The fourth-order valence-electron chi connectivity index (χ4n) is 2.34. The van der Waals surface area contributed by atoms with E-state index in [0.717, 1.165) is 43.0 Å². The van der Waals surface area contributed by atoms with Gasteiger partial charge in [-0.05, 0) is 56.3 Å². The van der Waals surface area contributed by atoms with E-state index >= 15 is 0 Å². The van der Waals surface area contributed by atoms with Crippen LogP contribution in [0.25, 0.3) is 0 Å². The number of anilines is 2. The first-order valence-corrected chi connectivity index (χ1v) is 7.47. The Morgan fingerprint density at radius 3 is 2.57 bits per heavy atom. The molecule has 3 heteroatoms. The molecular weight excluding hydrogens is 258 g/mol. The van der Waals surface area contributed by atoms with Crippen LogP contribution >= 0.6 is 0 Å². The molecule has 0 aliphatic carbocycles. The van der Waals surface area contributed by atoms with Gasteiger partial charge in [-0.1, -0.05) is 30.3 Å². The van der Waals surface area contributed by atoms with Crippen molar-refractivity contribution in [2.24, 2.45) is 0 Å². The largest absolute Gasteiger partial charge is 0.399 e. The Bertz CT molecular complexity index is 552. The summed E-state index contributed by atoms with van der Waals surface area (Å²) in [5.74, 6) is 0. The third kappa shape index (κ3) is 5.12. The fraction of sp³-hybridized carbons (Fsp3) is 0.333. The highest BCUT2D eigenvalue weighted by Gasteiger charge is 2.00. The quantitative estimate of drug-likeness (QED) is 0.603. The second-order valence-corrected chi connectivity index (χ2v) is 5.58. The van der Waals surface area contributed by atoms with Crippen LogP contribution in [0.15, 0.2) is 48.5 Å². The van der Waals surface area contributed by atoms with Gasteiger partial charge in [0.2, 0.25) is 0 Å². The zero-order valence-corrected chi connectivity index (χ0v) is 13.0. The first-order valence-electron chi connectivity index (χ1n) is 7.47. The zero-order valence-electron chi connectivity index (χ0n) is 13.0. The molecule has 3 N–H and O–H groups in total. The van der Waals surface area contributed by atoms with E-state index in [-0.39, 0.29) is 0 Å². The molecule has 0 radical (unpaired) electrons. The number of benzene rings is 2. The van der Waals surface area contributed by atoms with Gasteiger partial charge >= 0.3 is 0 Å². The highest BCUT2D eigenvalue weighted by Crippen LogP contribution is 2.16. The maximum atomic E-state index is 5.82. The lowest BCUT2D eigenvalue weighted by molar-refractivity contribution is 0.325. The molecule has 0 amide bonds. The van der Waals surface area contributed by atoms with Crippen molar-refractivity contribution in [3.8, 4) is 0 Å². The number of rotatable bonds is 7. The molecule has 0 aliphatic heterocycles. The van der Waals surface area contributed by atoms with Gasteiger partial charge in [0.15, 0.2) is 0 Å². The molecule has 0 saturated heterocycles. The molecule has 2 aromatic rings. The Kier molecular flexibility index (Phi) is 5.64. The van der Waals surface area contributed by atoms with Crippen LogP contribution in [0.5, 0.6) is 0 Å². The minimum Gasteiger partial charge on any atom is -0.399 e. The van der Waals surface area contributed by atoms with E-state index in [4.69, 9.17) is 5.73 Å². The highest BCUT2D eigenvalue weighted by molar-refractivity contribution is 5.56. The Hall–Kier alpha value is -2.00. The van der Waals surface area contributed by atoms with E-state index in [1.54, 1.807) is 0 Å². The number of hydrogen-bond donors (Lipinski definition) is 2. The third-order valence-electron chi connectivity index (χ3n) is 3.61. The van der Waals surface area contributed by atoms with E-state index in [0.29, 0.717) is 0 Å². The van der Waals surface area contributed by atoms with Crippen molar-refractivity contribution in [1.82, 2.24) is 4.90 Å². The molecule has 0 bridgehead atoms. The molecule has 0 saturated carbocycles. The normalized spacial score (nSPS) is 10.8. The average Bonchev–Trinajstić information content (AvgIpc) is 2.48. The number of nitrogen functional groups attached to an aromatic ring is 1. The predicted molar refractivity (Wildman–Crippen MR) is 91.5 cm³/mol. The summed E-state index contributed by atoms with van der Waals surface area (Å²) >= 11 is 0. The van der Waals surface area contributed by atoms with Gasteiger partial charge in [-0.25, -0.2) is 0 Å². The summed E-state index contributed by atoms with van der Waals surface area (Å²) in [6.07, 6.45) is 1.12. The van der Waals surface area contributed by atoms with Gasteiger partial charge in [-0.3, -0.25) is 0 Å². The van der Waals surface area contributed by atoms with E-state index in [2.05, 4.69) is 53.7 Å². The number of nitrogens with zero attached hydrogens (tertiary/aromatic N) is 1. The molecule has 0 spiro atoms. The molecule has 0 aromatic heterocycles. The minimum absolute atomic E-state index is 0.850. The average molecular weight is 283 g/mol. The Morgan fingerprint density at radius 1 is 1.10 bits per heavy atom. The van der Waals surface area contributed by atoms with Crippen LogP contribution in [0.4, 0.5) is 11.4 Å². The second kappa shape index (κ2) is 7.70. The Morgan fingerprint density at radius 2 is 1.86 bits per heavy atom. The van der Waals surface area contributed by atoms with Gasteiger partial charge in [-0.15, -0.1) is 0 Å². The van der Waals surface area contributed by atoms with Gasteiger partial charge in [0.25, 0.3) is 0 Å². The van der Waals surface area contributed by atoms with Crippen molar-refractivity contribution in [3.05, 3.63) is 59.7 Å². The molecule has 0 aliphatic rings. The van der Waals surface area contributed by atoms with Gasteiger partial charge < -0.3 is 16.0 Å². The van der Waals surface area contributed by atoms with Crippen molar-refractivity contribution in [3.63, 3.8) is 0 Å². The van der Waals surface area contributed by atoms with Crippen molar-refractivity contribution in [2.75, 3.05) is 31.2 Å². The maximum Gasteiger partial charge on any atom is 0.0345 e. The third-order valence-corrected chi connectivity index (χ3v) is 3.61. The van der Waals surface area contributed by atoms with Crippen molar-refractivity contribution in [1.29, 1.82) is 0 Å². The van der Waals surface area contributed by atoms with Crippen LogP contribution in [0.1, 0.15) is 17.5 Å². The molecule has 0 heterocycles. The zero-order chi connectivity index (χ0) is 15.1. The molecule has 0 fully saturated rings.